The van der Waals surface area contributed by atoms with Gasteiger partial charge in [-0.15, -0.1) is 15.3 Å². The predicted octanol–water partition coefficient (Wildman–Crippen LogP) is 1.82. The average Bonchev–Trinajstić information content (AvgIpc) is 3.10. The number of aromatic nitrogens is 4. The summed E-state index contributed by atoms with van der Waals surface area (Å²) in [6, 6.07) is 11.4. The van der Waals surface area contributed by atoms with Crippen molar-refractivity contribution < 1.29 is 14.3 Å². The number of aryl methyl sites for hydroxylation is 1. The number of nitrogens with one attached hydrogen (secondary N) is 1. The van der Waals surface area contributed by atoms with Crippen LogP contribution in [0.2, 0.25) is 0 Å². The molecule has 2 aromatic heterocycles. The van der Waals surface area contributed by atoms with Gasteiger partial charge in [0, 0.05) is 25.5 Å². The highest BCUT2D eigenvalue weighted by atomic mass is 16.5. The highest BCUT2D eigenvalue weighted by molar-refractivity contribution is 5.75. The predicted molar refractivity (Wildman–Crippen MR) is 100.0 cm³/mol. The molecule has 0 saturated heterocycles. The van der Waals surface area contributed by atoms with Crippen molar-refractivity contribution in [2.75, 3.05) is 20.8 Å². The van der Waals surface area contributed by atoms with Crippen LogP contribution in [0.25, 0.3) is 5.65 Å². The molecule has 1 amide bonds. The normalized spacial score (nSPS) is 10.7. The molecule has 8 nitrogen and oxygen atoms in total. The van der Waals surface area contributed by atoms with Crippen molar-refractivity contribution in [1.29, 1.82) is 0 Å². The molecule has 0 aliphatic heterocycles. The van der Waals surface area contributed by atoms with Gasteiger partial charge in [-0.05, 0) is 30.5 Å². The van der Waals surface area contributed by atoms with Crippen LogP contribution < -0.4 is 14.8 Å². The van der Waals surface area contributed by atoms with Crippen LogP contribution in [0.5, 0.6) is 11.6 Å². The third-order valence-corrected chi connectivity index (χ3v) is 4.23. The Morgan fingerprint density at radius 2 is 1.93 bits per heavy atom. The number of amides is 1. The van der Waals surface area contributed by atoms with Crippen molar-refractivity contribution in [2.45, 2.75) is 25.7 Å². The summed E-state index contributed by atoms with van der Waals surface area (Å²) in [6.07, 6.45) is 2.43. The topological polar surface area (TPSA) is 90.6 Å². The van der Waals surface area contributed by atoms with Gasteiger partial charge < -0.3 is 14.8 Å². The molecule has 1 aromatic carbocycles. The Kier molecular flexibility index (Phi) is 6.19. The molecule has 0 spiro atoms. The molecular weight excluding hydrogens is 346 g/mol. The fourth-order valence-electron chi connectivity index (χ4n) is 2.82. The summed E-state index contributed by atoms with van der Waals surface area (Å²) >= 11 is 0. The van der Waals surface area contributed by atoms with Crippen LogP contribution in [0.4, 0.5) is 0 Å². The summed E-state index contributed by atoms with van der Waals surface area (Å²) in [5.74, 6) is 2.07. The number of hydrogen-bond donors (Lipinski definition) is 1. The van der Waals surface area contributed by atoms with Crippen LogP contribution in [0.3, 0.4) is 0 Å². The van der Waals surface area contributed by atoms with Crippen molar-refractivity contribution in [3.63, 3.8) is 0 Å². The first-order chi connectivity index (χ1) is 13.2. The lowest BCUT2D eigenvalue weighted by atomic mass is 10.1. The average molecular weight is 369 g/mol. The zero-order valence-electron chi connectivity index (χ0n) is 15.5. The Morgan fingerprint density at radius 3 is 2.74 bits per heavy atom. The first kappa shape index (κ1) is 18.6. The molecule has 0 fully saturated rings. The van der Waals surface area contributed by atoms with Gasteiger partial charge in [0.15, 0.2) is 11.5 Å². The first-order valence-electron chi connectivity index (χ1n) is 8.85. The smallest absolute Gasteiger partial charge is 0.231 e. The SMILES string of the molecule is COc1ccc2nnc(CCCC(=O)NCCc3ccccc3OC)n2n1. The van der Waals surface area contributed by atoms with E-state index in [1.807, 2.05) is 24.3 Å². The van der Waals surface area contributed by atoms with E-state index in [1.165, 1.54) is 0 Å². The van der Waals surface area contributed by atoms with Gasteiger partial charge in [-0.2, -0.15) is 4.52 Å². The minimum atomic E-state index is 0.0178. The number of carbonyl (C=O) groups excluding carboxylic acids is 1. The minimum Gasteiger partial charge on any atom is -0.496 e. The fraction of sp³-hybridized carbons (Fsp3) is 0.368. The van der Waals surface area contributed by atoms with E-state index >= 15 is 0 Å². The first-order valence-corrected chi connectivity index (χ1v) is 8.85. The molecule has 0 bridgehead atoms. The Labute approximate surface area is 157 Å². The van der Waals surface area contributed by atoms with Crippen LogP contribution in [0.1, 0.15) is 24.2 Å². The summed E-state index contributed by atoms with van der Waals surface area (Å²) in [7, 11) is 3.21. The molecule has 27 heavy (non-hydrogen) atoms. The third kappa shape index (κ3) is 4.72. The van der Waals surface area contributed by atoms with Crippen LogP contribution in [0, 0.1) is 0 Å². The third-order valence-electron chi connectivity index (χ3n) is 4.23. The zero-order valence-corrected chi connectivity index (χ0v) is 15.5. The molecule has 0 atom stereocenters. The summed E-state index contributed by atoms with van der Waals surface area (Å²) in [5, 5.41) is 15.5. The summed E-state index contributed by atoms with van der Waals surface area (Å²) in [5.41, 5.74) is 1.74. The number of methoxy groups -OCH3 is 2. The van der Waals surface area contributed by atoms with Crippen molar-refractivity contribution >= 4 is 11.6 Å². The van der Waals surface area contributed by atoms with E-state index in [2.05, 4.69) is 20.6 Å². The number of fused-ring (bicyclic) bond motifs is 1. The lowest BCUT2D eigenvalue weighted by molar-refractivity contribution is -0.121. The highest BCUT2D eigenvalue weighted by Gasteiger charge is 2.09. The number of hydrogen-bond acceptors (Lipinski definition) is 6. The number of nitrogens with zero attached hydrogens (tertiary/aromatic N) is 4. The van der Waals surface area contributed by atoms with E-state index in [0.29, 0.717) is 43.2 Å². The molecule has 3 rings (SSSR count). The summed E-state index contributed by atoms with van der Waals surface area (Å²) in [6.45, 7) is 0.575. The van der Waals surface area contributed by atoms with Gasteiger partial charge in [0.05, 0.1) is 14.2 Å². The quantitative estimate of drug-likeness (QED) is 0.619. The van der Waals surface area contributed by atoms with Gasteiger partial charge in [-0.1, -0.05) is 18.2 Å². The van der Waals surface area contributed by atoms with Crippen LogP contribution in [-0.4, -0.2) is 46.5 Å². The number of ether oxygens (including phenoxy) is 2. The molecule has 3 aromatic rings. The van der Waals surface area contributed by atoms with Crippen LogP contribution in [0.15, 0.2) is 36.4 Å². The molecule has 2 heterocycles. The maximum Gasteiger partial charge on any atom is 0.231 e. The van der Waals surface area contributed by atoms with Crippen molar-refractivity contribution in [2.24, 2.45) is 0 Å². The van der Waals surface area contributed by atoms with Crippen molar-refractivity contribution in [3.05, 3.63) is 47.8 Å². The Morgan fingerprint density at radius 1 is 1.07 bits per heavy atom. The Balaban J connectivity index is 1.44. The van der Waals surface area contributed by atoms with E-state index < -0.39 is 0 Å². The molecule has 0 saturated carbocycles. The fourth-order valence-corrected chi connectivity index (χ4v) is 2.82. The molecule has 142 valence electrons. The van der Waals surface area contributed by atoms with Gasteiger partial charge in [0.2, 0.25) is 11.8 Å². The van der Waals surface area contributed by atoms with Crippen molar-refractivity contribution in [1.82, 2.24) is 25.1 Å². The van der Waals surface area contributed by atoms with E-state index in [0.717, 1.165) is 17.7 Å². The Hall–Kier alpha value is -3.16. The van der Waals surface area contributed by atoms with E-state index in [1.54, 1.807) is 30.9 Å². The second-order valence-corrected chi connectivity index (χ2v) is 6.03. The largest absolute Gasteiger partial charge is 0.496 e. The second kappa shape index (κ2) is 8.98. The lowest BCUT2D eigenvalue weighted by Crippen LogP contribution is -2.25. The van der Waals surface area contributed by atoms with Crippen LogP contribution >= 0.6 is 0 Å². The van der Waals surface area contributed by atoms with Crippen molar-refractivity contribution in [3.8, 4) is 11.6 Å². The number of carbonyl (C=O) groups is 1. The molecular formula is C19H23N5O3. The highest BCUT2D eigenvalue weighted by Crippen LogP contribution is 2.17. The molecule has 0 aliphatic carbocycles. The lowest BCUT2D eigenvalue weighted by Gasteiger charge is -2.09. The number of rotatable bonds is 9. The summed E-state index contributed by atoms with van der Waals surface area (Å²) in [4.78, 5) is 12.1. The zero-order chi connectivity index (χ0) is 19.1. The molecule has 0 aliphatic rings. The van der Waals surface area contributed by atoms with E-state index in [9.17, 15) is 4.79 Å². The van der Waals surface area contributed by atoms with E-state index in [4.69, 9.17) is 9.47 Å². The standard InChI is InChI=1S/C19H23N5O3/c1-26-15-7-4-3-6-14(15)12-13-20-18(25)9-5-8-16-21-22-17-10-11-19(27-2)23-24(16)17/h3-4,6-7,10-11H,5,8-9,12-13H2,1-2H3,(H,20,25). The van der Waals surface area contributed by atoms with E-state index in [-0.39, 0.29) is 5.91 Å². The number of para-hydroxylation sites is 1. The molecule has 0 unspecified atom stereocenters. The Bertz CT molecular complexity index is 909. The molecule has 1 N–H and O–H groups in total. The van der Waals surface area contributed by atoms with Gasteiger partial charge >= 0.3 is 0 Å². The number of benzene rings is 1. The monoisotopic (exact) mass is 369 g/mol. The second-order valence-electron chi connectivity index (χ2n) is 6.03. The summed E-state index contributed by atoms with van der Waals surface area (Å²) < 4.78 is 12.1. The van der Waals surface area contributed by atoms with Gasteiger partial charge in [-0.25, -0.2) is 0 Å². The van der Waals surface area contributed by atoms with Gasteiger partial charge in [0.25, 0.3) is 0 Å². The van der Waals surface area contributed by atoms with Gasteiger partial charge in [-0.3, -0.25) is 4.79 Å². The maximum atomic E-state index is 12.1. The maximum absolute atomic E-state index is 12.1. The minimum absolute atomic E-state index is 0.0178. The molecule has 8 heteroatoms. The molecule has 0 radical (unpaired) electrons. The van der Waals surface area contributed by atoms with Gasteiger partial charge in [0.1, 0.15) is 5.75 Å². The van der Waals surface area contributed by atoms with Crippen LogP contribution in [-0.2, 0) is 17.6 Å².